The molecule has 1 aliphatic rings. The minimum absolute atomic E-state index is 0.261. The van der Waals surface area contributed by atoms with Crippen molar-refractivity contribution in [3.8, 4) is 0 Å². The summed E-state index contributed by atoms with van der Waals surface area (Å²) in [6.45, 7) is 7.04. The van der Waals surface area contributed by atoms with Gasteiger partial charge in [0.05, 0.1) is 17.9 Å². The maximum absolute atomic E-state index is 11.7. The Morgan fingerprint density at radius 3 is 3.00 bits per heavy atom. The van der Waals surface area contributed by atoms with Crippen molar-refractivity contribution in [3.63, 3.8) is 0 Å². The van der Waals surface area contributed by atoms with Gasteiger partial charge < -0.3 is 10.1 Å². The summed E-state index contributed by atoms with van der Waals surface area (Å²) >= 11 is 1.99. The van der Waals surface area contributed by atoms with E-state index in [4.69, 9.17) is 4.74 Å². The topological polar surface area (TPSA) is 64.1 Å². The van der Waals surface area contributed by atoms with Crippen LogP contribution in [0.4, 0.5) is 5.95 Å². The third kappa shape index (κ3) is 3.62. The molecule has 0 aliphatic carbocycles. The summed E-state index contributed by atoms with van der Waals surface area (Å²) in [6, 6.07) is 0. The fourth-order valence-electron chi connectivity index (χ4n) is 2.20. The van der Waals surface area contributed by atoms with Crippen LogP contribution in [0.2, 0.25) is 0 Å². The Hall–Kier alpha value is -1.30. The molecule has 6 heteroatoms. The van der Waals surface area contributed by atoms with Crippen LogP contribution in [0, 0.1) is 6.92 Å². The van der Waals surface area contributed by atoms with Gasteiger partial charge in [-0.2, -0.15) is 11.8 Å². The molecule has 1 atom stereocenters. The predicted molar refractivity (Wildman–Crippen MR) is 81.3 cm³/mol. The van der Waals surface area contributed by atoms with Crippen molar-refractivity contribution in [2.75, 3.05) is 24.2 Å². The largest absolute Gasteiger partial charge is 0.462 e. The van der Waals surface area contributed by atoms with Crippen LogP contribution in [-0.2, 0) is 4.74 Å². The summed E-state index contributed by atoms with van der Waals surface area (Å²) in [5, 5.41) is 3.27. The molecule has 2 rings (SSSR count). The first kappa shape index (κ1) is 15.1. The second-order valence-corrected chi connectivity index (χ2v) is 6.85. The molecule has 0 amide bonds. The van der Waals surface area contributed by atoms with Crippen molar-refractivity contribution in [1.29, 1.82) is 0 Å². The molecule has 0 spiro atoms. The standard InChI is InChI=1S/C14H21N3O2S/c1-4-19-12(18)11-8-15-13(17-10(11)2)16-9-14(3)6-5-7-20-14/h8H,4-7,9H2,1-3H3,(H,15,16,17). The fraction of sp³-hybridized carbons (Fsp3) is 0.643. The molecule has 0 radical (unpaired) electrons. The van der Waals surface area contributed by atoms with Gasteiger partial charge in [0.2, 0.25) is 5.95 Å². The lowest BCUT2D eigenvalue weighted by Gasteiger charge is -2.22. The average molecular weight is 295 g/mol. The minimum Gasteiger partial charge on any atom is -0.462 e. The van der Waals surface area contributed by atoms with Crippen LogP contribution in [0.1, 0.15) is 42.7 Å². The van der Waals surface area contributed by atoms with Gasteiger partial charge in [0.25, 0.3) is 0 Å². The van der Waals surface area contributed by atoms with Gasteiger partial charge in [0.15, 0.2) is 0 Å². The van der Waals surface area contributed by atoms with E-state index in [1.54, 1.807) is 13.8 Å². The molecule has 1 aromatic rings. The zero-order valence-corrected chi connectivity index (χ0v) is 13.0. The highest BCUT2D eigenvalue weighted by molar-refractivity contribution is 8.00. The first-order valence-corrected chi connectivity index (χ1v) is 7.91. The zero-order chi connectivity index (χ0) is 14.6. The molecule has 1 aliphatic heterocycles. The molecule has 5 nitrogen and oxygen atoms in total. The molecule has 1 N–H and O–H groups in total. The quantitative estimate of drug-likeness (QED) is 0.843. The number of ether oxygens (including phenoxy) is 1. The number of thioether (sulfide) groups is 1. The summed E-state index contributed by atoms with van der Waals surface area (Å²) in [5.74, 6) is 1.43. The average Bonchev–Trinajstić information content (AvgIpc) is 2.84. The smallest absolute Gasteiger partial charge is 0.341 e. The van der Waals surface area contributed by atoms with E-state index >= 15 is 0 Å². The van der Waals surface area contributed by atoms with Gasteiger partial charge >= 0.3 is 5.97 Å². The molecule has 110 valence electrons. The van der Waals surface area contributed by atoms with E-state index in [1.165, 1.54) is 24.8 Å². The van der Waals surface area contributed by atoms with Crippen LogP contribution in [0.15, 0.2) is 6.20 Å². The van der Waals surface area contributed by atoms with Crippen molar-refractivity contribution in [1.82, 2.24) is 9.97 Å². The Balaban J connectivity index is 2.00. The lowest BCUT2D eigenvalue weighted by molar-refractivity contribution is 0.0524. The van der Waals surface area contributed by atoms with Crippen molar-refractivity contribution in [2.24, 2.45) is 0 Å². The van der Waals surface area contributed by atoms with E-state index in [9.17, 15) is 4.79 Å². The lowest BCUT2D eigenvalue weighted by atomic mass is 10.1. The van der Waals surface area contributed by atoms with Gasteiger partial charge in [-0.1, -0.05) is 0 Å². The van der Waals surface area contributed by atoms with E-state index in [-0.39, 0.29) is 10.7 Å². The zero-order valence-electron chi connectivity index (χ0n) is 12.2. The number of carbonyl (C=O) groups excluding carboxylic acids is 1. The molecule has 1 saturated heterocycles. The maximum atomic E-state index is 11.7. The second kappa shape index (κ2) is 6.43. The molecule has 1 aromatic heterocycles. The van der Waals surface area contributed by atoms with Crippen molar-refractivity contribution >= 4 is 23.7 Å². The Kier molecular flexibility index (Phi) is 4.86. The molecule has 0 bridgehead atoms. The van der Waals surface area contributed by atoms with Gasteiger partial charge in [-0.05, 0) is 39.4 Å². The first-order valence-electron chi connectivity index (χ1n) is 6.93. The number of nitrogens with one attached hydrogen (secondary N) is 1. The van der Waals surface area contributed by atoms with Gasteiger partial charge in [0, 0.05) is 17.5 Å². The maximum Gasteiger partial charge on any atom is 0.341 e. The summed E-state index contributed by atoms with van der Waals surface area (Å²) in [6.07, 6.45) is 4.02. The molecule has 1 fully saturated rings. The van der Waals surface area contributed by atoms with Gasteiger partial charge in [-0.25, -0.2) is 14.8 Å². The van der Waals surface area contributed by atoms with Gasteiger partial charge in [0.1, 0.15) is 0 Å². The first-order chi connectivity index (χ1) is 9.54. The molecule has 0 aromatic carbocycles. The Labute approximate surface area is 123 Å². The SMILES string of the molecule is CCOC(=O)c1cnc(NCC2(C)CCCS2)nc1C. The Bertz CT molecular complexity index is 487. The highest BCUT2D eigenvalue weighted by Gasteiger charge is 2.29. The second-order valence-electron chi connectivity index (χ2n) is 5.17. The fourth-order valence-corrected chi connectivity index (χ4v) is 3.45. The monoisotopic (exact) mass is 295 g/mol. The number of aryl methyl sites for hydroxylation is 1. The summed E-state index contributed by atoms with van der Waals surface area (Å²) in [7, 11) is 0. The third-order valence-electron chi connectivity index (χ3n) is 3.40. The highest BCUT2D eigenvalue weighted by atomic mass is 32.2. The lowest BCUT2D eigenvalue weighted by Crippen LogP contribution is -2.28. The van der Waals surface area contributed by atoms with Crippen LogP contribution in [0.3, 0.4) is 0 Å². The molecule has 20 heavy (non-hydrogen) atoms. The van der Waals surface area contributed by atoms with E-state index < -0.39 is 0 Å². The molecule has 1 unspecified atom stereocenters. The number of rotatable bonds is 5. The molecular formula is C14H21N3O2S. The van der Waals surface area contributed by atoms with Crippen LogP contribution < -0.4 is 5.32 Å². The summed E-state index contributed by atoms with van der Waals surface area (Å²) in [5.41, 5.74) is 1.07. The molecule has 2 heterocycles. The van der Waals surface area contributed by atoms with E-state index in [2.05, 4.69) is 22.2 Å². The number of hydrogen-bond acceptors (Lipinski definition) is 6. The number of esters is 1. The number of anilines is 1. The highest BCUT2D eigenvalue weighted by Crippen LogP contribution is 2.37. The van der Waals surface area contributed by atoms with Crippen LogP contribution in [0.25, 0.3) is 0 Å². The number of nitrogens with zero attached hydrogens (tertiary/aromatic N) is 2. The van der Waals surface area contributed by atoms with Crippen LogP contribution >= 0.6 is 11.8 Å². The molecular weight excluding hydrogens is 274 g/mol. The number of hydrogen-bond donors (Lipinski definition) is 1. The van der Waals surface area contributed by atoms with E-state index in [1.807, 2.05) is 11.8 Å². The van der Waals surface area contributed by atoms with Crippen molar-refractivity contribution in [2.45, 2.75) is 38.4 Å². The Morgan fingerprint density at radius 2 is 2.40 bits per heavy atom. The minimum atomic E-state index is -0.366. The number of aromatic nitrogens is 2. The predicted octanol–water partition coefficient (Wildman–Crippen LogP) is 2.66. The third-order valence-corrected chi connectivity index (χ3v) is 4.93. The van der Waals surface area contributed by atoms with Crippen LogP contribution in [0.5, 0.6) is 0 Å². The summed E-state index contributed by atoms with van der Waals surface area (Å²) in [4.78, 5) is 20.2. The molecule has 0 saturated carbocycles. The van der Waals surface area contributed by atoms with E-state index in [0.29, 0.717) is 23.8 Å². The Morgan fingerprint density at radius 1 is 1.60 bits per heavy atom. The normalized spacial score (nSPS) is 21.8. The van der Waals surface area contributed by atoms with Crippen molar-refractivity contribution in [3.05, 3.63) is 17.5 Å². The van der Waals surface area contributed by atoms with E-state index in [0.717, 1.165) is 6.54 Å². The van der Waals surface area contributed by atoms with Crippen molar-refractivity contribution < 1.29 is 9.53 Å². The van der Waals surface area contributed by atoms with Crippen LogP contribution in [-0.4, -0.2) is 39.6 Å². The van der Waals surface area contributed by atoms with Gasteiger partial charge in [-0.15, -0.1) is 0 Å². The summed E-state index contributed by atoms with van der Waals surface area (Å²) < 4.78 is 5.22. The number of carbonyl (C=O) groups is 1. The van der Waals surface area contributed by atoms with Gasteiger partial charge in [-0.3, -0.25) is 0 Å².